The predicted octanol–water partition coefficient (Wildman–Crippen LogP) is 2.24. The zero-order valence-corrected chi connectivity index (χ0v) is 10.1. The van der Waals surface area contributed by atoms with Gasteiger partial charge in [0.15, 0.2) is 0 Å². The van der Waals surface area contributed by atoms with E-state index in [1.807, 2.05) is 18.8 Å². The highest BCUT2D eigenvalue weighted by molar-refractivity contribution is 7.99. The van der Waals surface area contributed by atoms with E-state index < -0.39 is 0 Å². The smallest absolute Gasteiger partial charge is 0.0906 e. The van der Waals surface area contributed by atoms with Gasteiger partial charge in [-0.3, -0.25) is 0 Å². The number of thioether (sulfide) groups is 1. The van der Waals surface area contributed by atoms with E-state index in [0.29, 0.717) is 0 Å². The van der Waals surface area contributed by atoms with E-state index in [9.17, 15) is 0 Å². The second-order valence-electron chi connectivity index (χ2n) is 3.78. The highest BCUT2D eigenvalue weighted by Crippen LogP contribution is 2.30. The van der Waals surface area contributed by atoms with Crippen LogP contribution in [0.15, 0.2) is 29.2 Å². The lowest BCUT2D eigenvalue weighted by Crippen LogP contribution is -2.56. The van der Waals surface area contributed by atoms with Gasteiger partial charge in [-0.1, -0.05) is 19.1 Å². The summed E-state index contributed by atoms with van der Waals surface area (Å²) in [7, 11) is 2.00. The minimum absolute atomic E-state index is 0.0649. The second-order valence-corrected chi connectivity index (χ2v) is 5.12. The number of rotatable bonds is 4. The summed E-state index contributed by atoms with van der Waals surface area (Å²) in [4.78, 5) is 1.34. The molecule has 0 radical (unpaired) electrons. The van der Waals surface area contributed by atoms with Gasteiger partial charge in [0, 0.05) is 4.90 Å². The Morgan fingerprint density at radius 3 is 2.40 bits per heavy atom. The topological polar surface area (TPSA) is 21.3 Å². The summed E-state index contributed by atoms with van der Waals surface area (Å²) in [6, 6.07) is 8.80. The Kier molecular flexibility index (Phi) is 3.34. The van der Waals surface area contributed by atoms with Gasteiger partial charge in [0.1, 0.15) is 0 Å². The van der Waals surface area contributed by atoms with Crippen molar-refractivity contribution in [1.29, 1.82) is 0 Å². The summed E-state index contributed by atoms with van der Waals surface area (Å²) in [6.45, 7) is 3.74. The van der Waals surface area contributed by atoms with Crippen LogP contribution < -0.4 is 5.32 Å². The molecule has 0 aromatic heterocycles. The Balaban J connectivity index is 2.15. The molecule has 15 heavy (non-hydrogen) atoms. The first-order chi connectivity index (χ1) is 7.30. The first-order valence-electron chi connectivity index (χ1n) is 5.31. The van der Waals surface area contributed by atoms with Gasteiger partial charge >= 0.3 is 0 Å². The second kappa shape index (κ2) is 4.56. The summed E-state index contributed by atoms with van der Waals surface area (Å²) in [5, 5.41) is 3.35. The molecule has 1 saturated heterocycles. The van der Waals surface area contributed by atoms with Crippen molar-refractivity contribution in [2.24, 2.45) is 0 Å². The Morgan fingerprint density at radius 1 is 1.33 bits per heavy atom. The molecule has 1 fully saturated rings. The largest absolute Gasteiger partial charge is 0.377 e. The molecule has 0 spiro atoms. The van der Waals surface area contributed by atoms with E-state index in [-0.39, 0.29) is 5.54 Å². The highest BCUT2D eigenvalue weighted by Gasteiger charge is 2.38. The summed E-state index contributed by atoms with van der Waals surface area (Å²) in [5.41, 5.74) is 1.40. The SMILES string of the molecule is CCSc1ccc(C2(NC)COC2)cc1. The van der Waals surface area contributed by atoms with Crippen LogP contribution in [0.2, 0.25) is 0 Å². The fourth-order valence-corrected chi connectivity index (χ4v) is 2.46. The zero-order chi connectivity index (χ0) is 10.7. The van der Waals surface area contributed by atoms with Crippen LogP contribution in [0, 0.1) is 0 Å². The average Bonchev–Trinajstić information content (AvgIpc) is 2.20. The highest BCUT2D eigenvalue weighted by atomic mass is 32.2. The molecule has 1 aromatic rings. The summed E-state index contributed by atoms with van der Waals surface area (Å²) >= 11 is 1.88. The van der Waals surface area contributed by atoms with Crippen LogP contribution in [0.5, 0.6) is 0 Å². The molecule has 1 aliphatic heterocycles. The molecule has 82 valence electrons. The maximum Gasteiger partial charge on any atom is 0.0906 e. The first kappa shape index (κ1) is 11.0. The molecule has 0 aliphatic carbocycles. The van der Waals surface area contributed by atoms with Crippen LogP contribution >= 0.6 is 11.8 Å². The van der Waals surface area contributed by atoms with E-state index in [0.717, 1.165) is 19.0 Å². The number of benzene rings is 1. The lowest BCUT2D eigenvalue weighted by molar-refractivity contribution is -0.0748. The summed E-state index contributed by atoms with van der Waals surface area (Å²) in [5.74, 6) is 1.12. The van der Waals surface area contributed by atoms with Crippen LogP contribution in [0.4, 0.5) is 0 Å². The van der Waals surface area contributed by atoms with Gasteiger partial charge in [0.25, 0.3) is 0 Å². The Hall–Kier alpha value is -0.510. The molecule has 1 N–H and O–H groups in total. The minimum Gasteiger partial charge on any atom is -0.377 e. The molecule has 2 nitrogen and oxygen atoms in total. The number of likely N-dealkylation sites (N-methyl/N-ethyl adjacent to an activating group) is 1. The monoisotopic (exact) mass is 223 g/mol. The predicted molar refractivity (Wildman–Crippen MR) is 64.4 cm³/mol. The van der Waals surface area contributed by atoms with Gasteiger partial charge in [-0.2, -0.15) is 0 Å². The van der Waals surface area contributed by atoms with Crippen molar-refractivity contribution in [2.75, 3.05) is 26.0 Å². The third-order valence-corrected chi connectivity index (χ3v) is 3.79. The molecule has 0 amide bonds. The molecule has 3 heteroatoms. The quantitative estimate of drug-likeness (QED) is 0.791. The molecule has 1 aliphatic rings. The third-order valence-electron chi connectivity index (χ3n) is 2.89. The fourth-order valence-electron chi connectivity index (χ4n) is 1.80. The Bertz CT molecular complexity index is 313. The average molecular weight is 223 g/mol. The standard InChI is InChI=1S/C12H17NOS/c1-3-15-11-6-4-10(5-7-11)12(13-2)8-14-9-12/h4-7,13H,3,8-9H2,1-2H3. The van der Waals surface area contributed by atoms with E-state index in [1.165, 1.54) is 10.5 Å². The van der Waals surface area contributed by atoms with Gasteiger partial charge < -0.3 is 10.1 Å². The van der Waals surface area contributed by atoms with E-state index in [1.54, 1.807) is 0 Å². The van der Waals surface area contributed by atoms with Crippen LogP contribution in [0.1, 0.15) is 12.5 Å². The van der Waals surface area contributed by atoms with Crippen LogP contribution in [0.25, 0.3) is 0 Å². The molecular formula is C12H17NOS. The van der Waals surface area contributed by atoms with Crippen LogP contribution in [0.3, 0.4) is 0 Å². The van der Waals surface area contributed by atoms with Crippen molar-refractivity contribution in [1.82, 2.24) is 5.32 Å². The summed E-state index contributed by atoms with van der Waals surface area (Å²) < 4.78 is 5.29. The van der Waals surface area contributed by atoms with Gasteiger partial charge in [0.05, 0.1) is 18.8 Å². The third kappa shape index (κ3) is 2.05. The minimum atomic E-state index is 0.0649. The van der Waals surface area contributed by atoms with Gasteiger partial charge in [0.2, 0.25) is 0 Å². The molecule has 0 atom stereocenters. The van der Waals surface area contributed by atoms with Crippen molar-refractivity contribution in [3.05, 3.63) is 29.8 Å². The molecule has 1 heterocycles. The van der Waals surface area contributed by atoms with Crippen molar-refractivity contribution < 1.29 is 4.74 Å². The Morgan fingerprint density at radius 2 is 2.00 bits per heavy atom. The van der Waals surface area contributed by atoms with Gasteiger partial charge in [-0.15, -0.1) is 11.8 Å². The van der Waals surface area contributed by atoms with Gasteiger partial charge in [-0.05, 0) is 30.5 Å². The van der Waals surface area contributed by atoms with Crippen molar-refractivity contribution in [2.45, 2.75) is 17.4 Å². The fraction of sp³-hybridized carbons (Fsp3) is 0.500. The van der Waals surface area contributed by atoms with E-state index >= 15 is 0 Å². The zero-order valence-electron chi connectivity index (χ0n) is 9.25. The number of hydrogen-bond acceptors (Lipinski definition) is 3. The maximum absolute atomic E-state index is 5.29. The summed E-state index contributed by atoms with van der Waals surface area (Å²) in [6.07, 6.45) is 0. The molecule has 1 aromatic carbocycles. The molecule has 2 rings (SSSR count). The normalized spacial score (nSPS) is 18.5. The maximum atomic E-state index is 5.29. The van der Waals surface area contributed by atoms with E-state index in [2.05, 4.69) is 36.5 Å². The van der Waals surface area contributed by atoms with Crippen LogP contribution in [-0.2, 0) is 10.3 Å². The lowest BCUT2D eigenvalue weighted by atomic mass is 9.88. The van der Waals surface area contributed by atoms with Gasteiger partial charge in [-0.25, -0.2) is 0 Å². The number of nitrogens with one attached hydrogen (secondary N) is 1. The lowest BCUT2D eigenvalue weighted by Gasteiger charge is -2.41. The number of ether oxygens (including phenoxy) is 1. The van der Waals surface area contributed by atoms with Crippen molar-refractivity contribution >= 4 is 11.8 Å². The van der Waals surface area contributed by atoms with E-state index in [4.69, 9.17) is 4.74 Å². The molecule has 0 unspecified atom stereocenters. The Labute approximate surface area is 95.4 Å². The molecule has 0 bridgehead atoms. The number of hydrogen-bond donors (Lipinski definition) is 1. The first-order valence-corrected chi connectivity index (χ1v) is 6.29. The van der Waals surface area contributed by atoms with Crippen molar-refractivity contribution in [3.8, 4) is 0 Å². The molecular weight excluding hydrogens is 206 g/mol. The molecule has 0 saturated carbocycles. The van der Waals surface area contributed by atoms with Crippen molar-refractivity contribution in [3.63, 3.8) is 0 Å². The van der Waals surface area contributed by atoms with Crippen LogP contribution in [-0.4, -0.2) is 26.0 Å².